The van der Waals surface area contributed by atoms with E-state index < -0.39 is 42.4 Å². The van der Waals surface area contributed by atoms with Crippen LogP contribution in [0.5, 0.6) is 5.75 Å². The number of ether oxygens (including phenoxy) is 1. The molecule has 0 bridgehead atoms. The van der Waals surface area contributed by atoms with E-state index in [9.17, 15) is 23.4 Å². The van der Waals surface area contributed by atoms with Crippen LogP contribution in [-0.4, -0.2) is 35.7 Å². The fraction of sp³-hybridized carbons (Fsp3) is 0.500. The highest BCUT2D eigenvalue weighted by atomic mass is 19.3. The van der Waals surface area contributed by atoms with Crippen molar-refractivity contribution >= 4 is 5.97 Å². The predicted octanol–water partition coefficient (Wildman–Crippen LogP) is 5.36. The van der Waals surface area contributed by atoms with Crippen LogP contribution in [0.15, 0.2) is 65.0 Å². The van der Waals surface area contributed by atoms with E-state index in [-0.39, 0.29) is 12.8 Å². The number of para-hydroxylation sites is 1. The summed E-state index contributed by atoms with van der Waals surface area (Å²) in [6, 6.07) is 6.73. The molecule has 1 N–H and O–H groups in total. The molecule has 9 heteroatoms. The number of allylic oxidation sites excluding steroid dienone is 2. The van der Waals surface area contributed by atoms with Gasteiger partial charge in [-0.05, 0) is 49.8 Å². The second-order valence-electron chi connectivity index (χ2n) is 7.54. The standard InChI is InChI=1S/C22H26F2N2O5/c23-22(24,15-31-16-8-4-3-5-9-16)13-12-18-17(19(25-29)14-20(18)26-30)10-6-1-2-7-11-21(27)28/h1,3-6,8-9,12-13,17-20H,2,7,10-11,14-15H2,(H,27,28)/b6-1-,13-12+/t17-,18-,19+,20-/m1/s1. The summed E-state index contributed by atoms with van der Waals surface area (Å²) in [4.78, 5) is 33.0. The number of halogens is 2. The van der Waals surface area contributed by atoms with E-state index >= 15 is 0 Å². The van der Waals surface area contributed by atoms with Gasteiger partial charge in [0, 0.05) is 12.3 Å². The molecule has 0 unspecified atom stereocenters. The Kier molecular flexibility index (Phi) is 9.42. The first-order valence-electron chi connectivity index (χ1n) is 10.1. The molecule has 7 nitrogen and oxygen atoms in total. The number of carbonyl (C=O) groups is 1. The molecule has 1 aromatic rings. The van der Waals surface area contributed by atoms with Crippen LogP contribution in [0.1, 0.15) is 32.1 Å². The van der Waals surface area contributed by atoms with Crippen LogP contribution in [0.25, 0.3) is 0 Å². The van der Waals surface area contributed by atoms with E-state index in [1.807, 2.05) is 0 Å². The van der Waals surface area contributed by atoms with Crippen molar-refractivity contribution in [3.05, 3.63) is 64.5 Å². The third-order valence-corrected chi connectivity index (χ3v) is 5.26. The lowest BCUT2D eigenvalue weighted by Crippen LogP contribution is -2.25. The van der Waals surface area contributed by atoms with Gasteiger partial charge in [0.05, 0.1) is 6.04 Å². The largest absolute Gasteiger partial charge is 0.487 e. The van der Waals surface area contributed by atoms with Crippen LogP contribution < -0.4 is 4.74 Å². The van der Waals surface area contributed by atoms with Crippen molar-refractivity contribution in [2.75, 3.05) is 6.61 Å². The zero-order valence-corrected chi connectivity index (χ0v) is 17.0. The van der Waals surface area contributed by atoms with Crippen LogP contribution in [0.2, 0.25) is 0 Å². The van der Waals surface area contributed by atoms with E-state index in [2.05, 4.69) is 10.4 Å². The summed E-state index contributed by atoms with van der Waals surface area (Å²) in [6.45, 7) is -0.858. The van der Waals surface area contributed by atoms with Crippen LogP contribution >= 0.6 is 0 Å². The lowest BCUT2D eigenvalue weighted by Gasteiger charge is -2.19. The Morgan fingerprint density at radius 1 is 1.16 bits per heavy atom. The van der Waals surface area contributed by atoms with E-state index in [1.54, 1.807) is 42.5 Å². The van der Waals surface area contributed by atoms with Gasteiger partial charge >= 0.3 is 5.97 Å². The molecule has 0 aliphatic heterocycles. The molecule has 0 spiro atoms. The normalized spacial score (nSPS) is 23.9. The molecule has 1 aromatic carbocycles. The van der Waals surface area contributed by atoms with Gasteiger partial charge in [-0.1, -0.05) is 46.8 Å². The minimum Gasteiger partial charge on any atom is -0.487 e. The smallest absolute Gasteiger partial charge is 0.303 e. The number of hydrogen-bond acceptors (Lipinski definition) is 6. The molecule has 0 amide bonds. The van der Waals surface area contributed by atoms with Gasteiger partial charge in [-0.25, -0.2) is 0 Å². The Balaban J connectivity index is 2.00. The second kappa shape index (κ2) is 12.0. The van der Waals surface area contributed by atoms with E-state index in [0.717, 1.165) is 0 Å². The quantitative estimate of drug-likeness (QED) is 0.254. The Morgan fingerprint density at radius 3 is 2.52 bits per heavy atom. The number of aliphatic carboxylic acids is 1. The zero-order valence-electron chi connectivity index (χ0n) is 17.0. The maximum absolute atomic E-state index is 14.3. The molecule has 168 valence electrons. The minimum atomic E-state index is -3.27. The van der Waals surface area contributed by atoms with Gasteiger partial charge in [-0.3, -0.25) is 4.79 Å². The van der Waals surface area contributed by atoms with Crippen LogP contribution in [0.3, 0.4) is 0 Å². The van der Waals surface area contributed by atoms with E-state index in [1.165, 1.54) is 6.08 Å². The highest BCUT2D eigenvalue weighted by Crippen LogP contribution is 2.40. The van der Waals surface area contributed by atoms with Gasteiger partial charge in [-0.2, -0.15) is 18.6 Å². The van der Waals surface area contributed by atoms with Crippen molar-refractivity contribution in [3.8, 4) is 5.75 Å². The Hall–Kier alpha value is -2.97. The molecule has 1 aliphatic carbocycles. The third kappa shape index (κ3) is 7.99. The molecule has 2 rings (SSSR count). The Morgan fingerprint density at radius 2 is 1.87 bits per heavy atom. The summed E-state index contributed by atoms with van der Waals surface area (Å²) in [5.74, 6) is -4.91. The van der Waals surface area contributed by atoms with Crippen molar-refractivity contribution in [1.29, 1.82) is 0 Å². The lowest BCUT2D eigenvalue weighted by atomic mass is 9.88. The van der Waals surface area contributed by atoms with E-state index in [4.69, 9.17) is 9.84 Å². The summed E-state index contributed by atoms with van der Waals surface area (Å²) < 4.78 is 33.7. The Bertz CT molecular complexity index is 785. The SMILES string of the molecule is O=N[C@H]1C[C@@H](N=O)[C@H](/C=C/C(F)(F)COc2ccccc2)[C@H]1C/C=C\CCCC(=O)O. The lowest BCUT2D eigenvalue weighted by molar-refractivity contribution is -0.137. The molecule has 4 atom stereocenters. The van der Waals surface area contributed by atoms with Crippen molar-refractivity contribution in [1.82, 2.24) is 0 Å². The third-order valence-electron chi connectivity index (χ3n) is 5.26. The number of rotatable bonds is 13. The molecule has 0 heterocycles. The maximum atomic E-state index is 14.3. The van der Waals surface area contributed by atoms with Gasteiger partial charge < -0.3 is 9.84 Å². The molecule has 1 aliphatic rings. The number of nitrogens with zero attached hydrogens (tertiary/aromatic N) is 2. The first kappa shape index (κ1) is 24.3. The first-order chi connectivity index (χ1) is 14.9. The van der Waals surface area contributed by atoms with Crippen LogP contribution in [0, 0.1) is 21.6 Å². The summed E-state index contributed by atoms with van der Waals surface area (Å²) in [7, 11) is 0. The molecule has 0 radical (unpaired) electrons. The number of alkyl halides is 2. The molecule has 1 saturated carbocycles. The van der Waals surface area contributed by atoms with Gasteiger partial charge in [0.1, 0.15) is 11.8 Å². The molecule has 1 fully saturated rings. The Labute approximate surface area is 179 Å². The maximum Gasteiger partial charge on any atom is 0.303 e. The number of hydrogen-bond donors (Lipinski definition) is 1. The van der Waals surface area contributed by atoms with Crippen molar-refractivity contribution < 1.29 is 23.4 Å². The molecule has 0 aromatic heterocycles. The number of carboxylic acids is 1. The number of nitroso groups, excluding NO2 is 2. The molecule has 31 heavy (non-hydrogen) atoms. The molecular formula is C22H26F2N2O5. The number of unbranched alkanes of at least 4 members (excludes halogenated alkanes) is 1. The topological polar surface area (TPSA) is 105 Å². The van der Waals surface area contributed by atoms with Crippen molar-refractivity contribution in [2.45, 2.75) is 50.1 Å². The van der Waals surface area contributed by atoms with E-state index in [0.29, 0.717) is 31.1 Å². The average molecular weight is 436 g/mol. The summed E-state index contributed by atoms with van der Waals surface area (Å²) in [6.07, 6.45) is 7.05. The van der Waals surface area contributed by atoms with Gasteiger partial charge in [0.25, 0.3) is 5.92 Å². The zero-order chi connectivity index (χ0) is 22.7. The summed E-state index contributed by atoms with van der Waals surface area (Å²) in [5, 5.41) is 14.7. The predicted molar refractivity (Wildman–Crippen MR) is 112 cm³/mol. The molecular weight excluding hydrogens is 410 g/mol. The second-order valence-corrected chi connectivity index (χ2v) is 7.54. The summed E-state index contributed by atoms with van der Waals surface area (Å²) >= 11 is 0. The molecule has 0 saturated heterocycles. The summed E-state index contributed by atoms with van der Waals surface area (Å²) in [5.41, 5.74) is 0. The van der Waals surface area contributed by atoms with Crippen LogP contribution in [-0.2, 0) is 4.79 Å². The van der Waals surface area contributed by atoms with Crippen molar-refractivity contribution in [3.63, 3.8) is 0 Å². The minimum absolute atomic E-state index is 0.0505. The first-order valence-corrected chi connectivity index (χ1v) is 10.1. The number of benzene rings is 1. The highest BCUT2D eigenvalue weighted by Gasteiger charge is 2.44. The fourth-order valence-corrected chi connectivity index (χ4v) is 3.68. The van der Waals surface area contributed by atoms with Gasteiger partial charge in [-0.15, -0.1) is 0 Å². The van der Waals surface area contributed by atoms with Gasteiger partial charge in [0.2, 0.25) is 0 Å². The average Bonchev–Trinajstić information content (AvgIpc) is 3.10. The van der Waals surface area contributed by atoms with Crippen LogP contribution in [0.4, 0.5) is 8.78 Å². The van der Waals surface area contributed by atoms with Crippen molar-refractivity contribution in [2.24, 2.45) is 22.2 Å². The van der Waals surface area contributed by atoms with Gasteiger partial charge in [0.15, 0.2) is 6.61 Å². The number of carboxylic acid groups (broad SMARTS) is 1. The fourth-order valence-electron chi connectivity index (χ4n) is 3.68. The highest BCUT2D eigenvalue weighted by molar-refractivity contribution is 5.66. The monoisotopic (exact) mass is 436 g/mol.